The first-order chi connectivity index (χ1) is 4.74. The predicted octanol–water partition coefficient (Wildman–Crippen LogP) is -0.0727. The Balaban J connectivity index is 3.87. The average Bonchev–Trinajstić information content (AvgIpc) is 2.01. The van der Waals surface area contributed by atoms with Crippen LogP contribution in [0.3, 0.4) is 0 Å². The molecule has 4 heteroatoms. The van der Waals surface area contributed by atoms with Gasteiger partial charge in [-0.1, -0.05) is 0 Å². The smallest absolute Gasteiger partial charge is 0.123 e. The van der Waals surface area contributed by atoms with Gasteiger partial charge in [-0.3, -0.25) is 16.0 Å². The normalized spacial score (nSPS) is 12.0. The van der Waals surface area contributed by atoms with Gasteiger partial charge in [-0.05, 0) is 21.1 Å². The lowest BCUT2D eigenvalue weighted by Crippen LogP contribution is -2.63. The summed E-state index contributed by atoms with van der Waals surface area (Å²) < 4.78 is 0. The van der Waals surface area contributed by atoms with Crippen LogP contribution < -0.4 is 16.0 Å². The molecule has 0 spiro atoms. The fourth-order valence-corrected chi connectivity index (χ4v) is 1.18. The van der Waals surface area contributed by atoms with Gasteiger partial charge in [-0.2, -0.15) is 0 Å². The first-order valence-corrected chi connectivity index (χ1v) is 3.91. The Bertz CT molecular complexity index is 74.8. The molecule has 0 amide bonds. The Hall–Kier alpha value is 0.170. The number of nitrogens with one attached hydrogen (secondary N) is 3. The van der Waals surface area contributed by atoms with Crippen molar-refractivity contribution in [1.29, 1.82) is 0 Å². The van der Waals surface area contributed by atoms with E-state index in [0.29, 0.717) is 5.88 Å². The first kappa shape index (κ1) is 10.2. The van der Waals surface area contributed by atoms with Crippen molar-refractivity contribution in [2.45, 2.75) is 12.2 Å². The maximum atomic E-state index is 5.60. The van der Waals surface area contributed by atoms with E-state index in [1.54, 1.807) is 0 Å². The number of alkyl halides is 1. The van der Waals surface area contributed by atoms with Gasteiger partial charge in [-0.25, -0.2) is 0 Å². The molecule has 0 unspecified atom stereocenters. The molecule has 62 valence electrons. The van der Waals surface area contributed by atoms with Gasteiger partial charge in [0.05, 0.1) is 0 Å². The molecule has 3 nitrogen and oxygen atoms in total. The second-order valence-electron chi connectivity index (χ2n) is 2.09. The number of halogens is 1. The summed E-state index contributed by atoms with van der Waals surface area (Å²) in [5.74, 6) is 0.421. The van der Waals surface area contributed by atoms with Crippen LogP contribution in [0.15, 0.2) is 0 Å². The third kappa shape index (κ3) is 2.42. The standard InChI is InChI=1S/C6H16ClN3/c1-8-6(9-2,10-3)4-5-7/h8-10H,4-5H2,1-3H3. The van der Waals surface area contributed by atoms with Crippen molar-refractivity contribution in [2.75, 3.05) is 27.0 Å². The molecule has 0 heterocycles. The second-order valence-corrected chi connectivity index (χ2v) is 2.47. The van der Waals surface area contributed by atoms with Crippen LogP contribution in [0.1, 0.15) is 6.42 Å². The summed E-state index contributed by atoms with van der Waals surface area (Å²) in [6, 6.07) is 0. The van der Waals surface area contributed by atoms with E-state index in [1.165, 1.54) is 0 Å². The molecule has 0 aliphatic carbocycles. The van der Waals surface area contributed by atoms with Crippen molar-refractivity contribution in [3.63, 3.8) is 0 Å². The van der Waals surface area contributed by atoms with Crippen LogP contribution in [-0.4, -0.2) is 32.8 Å². The van der Waals surface area contributed by atoms with E-state index in [4.69, 9.17) is 11.6 Å². The molecule has 0 atom stereocenters. The SMILES string of the molecule is CNC(CCCl)(NC)NC. The molecule has 0 aliphatic rings. The van der Waals surface area contributed by atoms with Gasteiger partial charge in [0.15, 0.2) is 0 Å². The van der Waals surface area contributed by atoms with Crippen molar-refractivity contribution in [3.05, 3.63) is 0 Å². The Morgan fingerprint density at radius 1 is 1.10 bits per heavy atom. The second kappa shape index (κ2) is 4.91. The largest absolute Gasteiger partial charge is 0.290 e. The fraction of sp³-hybridized carbons (Fsp3) is 1.00. The molecule has 0 saturated carbocycles. The average molecular weight is 166 g/mol. The van der Waals surface area contributed by atoms with Gasteiger partial charge in [0, 0.05) is 12.3 Å². The lowest BCUT2D eigenvalue weighted by atomic mass is 10.2. The summed E-state index contributed by atoms with van der Waals surface area (Å²) >= 11 is 5.60. The predicted molar refractivity (Wildman–Crippen MR) is 45.2 cm³/mol. The molecular weight excluding hydrogens is 150 g/mol. The van der Waals surface area contributed by atoms with E-state index in [2.05, 4.69) is 16.0 Å². The summed E-state index contributed by atoms with van der Waals surface area (Å²) in [6.45, 7) is 0. The van der Waals surface area contributed by atoms with Crippen LogP contribution in [0.2, 0.25) is 0 Å². The summed E-state index contributed by atoms with van der Waals surface area (Å²) in [4.78, 5) is 0. The van der Waals surface area contributed by atoms with Crippen molar-refractivity contribution >= 4 is 11.6 Å². The number of hydrogen-bond donors (Lipinski definition) is 3. The van der Waals surface area contributed by atoms with E-state index in [0.717, 1.165) is 6.42 Å². The van der Waals surface area contributed by atoms with Crippen LogP contribution >= 0.6 is 11.6 Å². The van der Waals surface area contributed by atoms with Crippen LogP contribution in [-0.2, 0) is 0 Å². The minimum atomic E-state index is -0.207. The quantitative estimate of drug-likeness (QED) is 0.394. The highest BCUT2D eigenvalue weighted by molar-refractivity contribution is 6.17. The van der Waals surface area contributed by atoms with E-state index in [1.807, 2.05) is 21.1 Å². The molecule has 0 fully saturated rings. The maximum absolute atomic E-state index is 5.60. The fourth-order valence-electron chi connectivity index (χ4n) is 0.892. The van der Waals surface area contributed by atoms with E-state index in [-0.39, 0.29) is 5.79 Å². The molecular formula is C6H16ClN3. The highest BCUT2D eigenvalue weighted by Gasteiger charge is 2.21. The highest BCUT2D eigenvalue weighted by Crippen LogP contribution is 2.00. The topological polar surface area (TPSA) is 36.1 Å². The summed E-state index contributed by atoms with van der Waals surface area (Å²) in [6.07, 6.45) is 0.845. The summed E-state index contributed by atoms with van der Waals surface area (Å²) in [5.41, 5.74) is 0. The van der Waals surface area contributed by atoms with Gasteiger partial charge in [0.25, 0.3) is 0 Å². The van der Waals surface area contributed by atoms with Crippen molar-refractivity contribution in [1.82, 2.24) is 16.0 Å². The molecule has 0 radical (unpaired) electrons. The van der Waals surface area contributed by atoms with Gasteiger partial charge in [0.1, 0.15) is 5.79 Å². The Kier molecular flexibility index (Phi) is 4.99. The molecule has 0 aromatic carbocycles. The number of rotatable bonds is 5. The minimum absolute atomic E-state index is 0.207. The highest BCUT2D eigenvalue weighted by atomic mass is 35.5. The van der Waals surface area contributed by atoms with Crippen molar-refractivity contribution in [2.24, 2.45) is 0 Å². The van der Waals surface area contributed by atoms with Gasteiger partial charge in [-0.15, -0.1) is 11.6 Å². The minimum Gasteiger partial charge on any atom is -0.290 e. The van der Waals surface area contributed by atoms with E-state index >= 15 is 0 Å². The molecule has 0 aliphatic heterocycles. The van der Waals surface area contributed by atoms with E-state index < -0.39 is 0 Å². The number of hydrogen-bond acceptors (Lipinski definition) is 3. The van der Waals surface area contributed by atoms with Crippen LogP contribution in [0.5, 0.6) is 0 Å². The third-order valence-corrected chi connectivity index (χ3v) is 1.94. The molecule has 0 aromatic heterocycles. The van der Waals surface area contributed by atoms with Crippen molar-refractivity contribution < 1.29 is 0 Å². The van der Waals surface area contributed by atoms with Gasteiger partial charge >= 0.3 is 0 Å². The zero-order chi connectivity index (χ0) is 8.04. The van der Waals surface area contributed by atoms with Crippen LogP contribution in [0.4, 0.5) is 0 Å². The Morgan fingerprint density at radius 2 is 1.50 bits per heavy atom. The summed E-state index contributed by atoms with van der Waals surface area (Å²) in [5, 5.41) is 9.33. The Labute approximate surface area is 67.5 Å². The van der Waals surface area contributed by atoms with Gasteiger partial charge < -0.3 is 0 Å². The first-order valence-electron chi connectivity index (χ1n) is 3.37. The van der Waals surface area contributed by atoms with Crippen molar-refractivity contribution in [3.8, 4) is 0 Å². The molecule has 0 rings (SSSR count). The molecule has 0 aromatic rings. The van der Waals surface area contributed by atoms with Gasteiger partial charge in [0.2, 0.25) is 0 Å². The molecule has 10 heavy (non-hydrogen) atoms. The third-order valence-electron chi connectivity index (χ3n) is 1.75. The molecule has 0 saturated heterocycles. The zero-order valence-corrected chi connectivity index (χ0v) is 7.55. The lowest BCUT2D eigenvalue weighted by Gasteiger charge is -2.32. The maximum Gasteiger partial charge on any atom is 0.123 e. The zero-order valence-electron chi connectivity index (χ0n) is 6.79. The molecule has 0 bridgehead atoms. The Morgan fingerprint density at radius 3 is 1.60 bits per heavy atom. The molecule has 3 N–H and O–H groups in total. The lowest BCUT2D eigenvalue weighted by molar-refractivity contribution is 0.238. The summed E-state index contributed by atoms with van der Waals surface area (Å²) in [7, 11) is 5.67. The van der Waals surface area contributed by atoms with Crippen LogP contribution in [0.25, 0.3) is 0 Å². The van der Waals surface area contributed by atoms with Crippen LogP contribution in [0, 0.1) is 0 Å². The monoisotopic (exact) mass is 165 g/mol. The van der Waals surface area contributed by atoms with E-state index in [9.17, 15) is 0 Å².